The van der Waals surface area contributed by atoms with Gasteiger partial charge >= 0.3 is 0 Å². The number of nitrogens with zero attached hydrogens (tertiary/aromatic N) is 3. The number of fused-ring (bicyclic) bond motifs is 1. The number of nitrogens with two attached hydrogens (primary N) is 1. The molecule has 0 unspecified atom stereocenters. The highest BCUT2D eigenvalue weighted by molar-refractivity contribution is 7.99. The van der Waals surface area contributed by atoms with Crippen molar-refractivity contribution < 1.29 is 13.2 Å². The first-order valence-corrected chi connectivity index (χ1v) is 12.2. The van der Waals surface area contributed by atoms with Crippen molar-refractivity contribution in [1.82, 2.24) is 14.6 Å². The van der Waals surface area contributed by atoms with E-state index in [-0.39, 0.29) is 16.6 Å². The van der Waals surface area contributed by atoms with Crippen molar-refractivity contribution >= 4 is 38.9 Å². The van der Waals surface area contributed by atoms with E-state index in [1.165, 1.54) is 30.0 Å². The van der Waals surface area contributed by atoms with Crippen molar-refractivity contribution in [3.8, 4) is 11.3 Å². The van der Waals surface area contributed by atoms with Gasteiger partial charge in [0.05, 0.1) is 27.6 Å². The molecular formula is C22H21N5O3S2. The number of aromatic nitrogens is 3. The van der Waals surface area contributed by atoms with Crippen LogP contribution < -0.4 is 10.5 Å². The summed E-state index contributed by atoms with van der Waals surface area (Å²) in [6.45, 7) is 3.92. The molecular weight excluding hydrogens is 446 g/mol. The Kier molecular flexibility index (Phi) is 6.00. The predicted octanol–water partition coefficient (Wildman–Crippen LogP) is 3.39. The van der Waals surface area contributed by atoms with Gasteiger partial charge in [-0.25, -0.2) is 23.1 Å². The molecule has 4 aromatic rings. The SMILES string of the molecule is Cc1cc(C)c2c(-c3ccccc3)nc(SCC(=O)Nc3cccc(S(N)(=O)=O)c3)n2n1. The van der Waals surface area contributed by atoms with Crippen LogP contribution in [-0.4, -0.2) is 34.7 Å². The summed E-state index contributed by atoms with van der Waals surface area (Å²) in [7, 11) is -3.85. The Morgan fingerprint density at radius 1 is 1.09 bits per heavy atom. The van der Waals surface area contributed by atoms with Gasteiger partial charge in [0.25, 0.3) is 0 Å². The summed E-state index contributed by atoms with van der Waals surface area (Å²) in [5.41, 5.74) is 4.91. The van der Waals surface area contributed by atoms with Gasteiger partial charge in [-0.3, -0.25) is 4.79 Å². The fourth-order valence-corrected chi connectivity index (χ4v) is 4.68. The summed E-state index contributed by atoms with van der Waals surface area (Å²) in [5, 5.41) is 13.1. The number of rotatable bonds is 6. The molecule has 8 nitrogen and oxygen atoms in total. The Balaban J connectivity index is 1.59. The van der Waals surface area contributed by atoms with Crippen LogP contribution in [0, 0.1) is 13.8 Å². The van der Waals surface area contributed by atoms with E-state index < -0.39 is 10.0 Å². The number of hydrogen-bond acceptors (Lipinski definition) is 6. The lowest BCUT2D eigenvalue weighted by atomic mass is 10.1. The number of imidazole rings is 1. The van der Waals surface area contributed by atoms with Crippen molar-refractivity contribution in [2.75, 3.05) is 11.1 Å². The van der Waals surface area contributed by atoms with Gasteiger partial charge < -0.3 is 5.32 Å². The molecule has 0 aliphatic heterocycles. The third kappa shape index (κ3) is 4.67. The molecule has 0 spiro atoms. The van der Waals surface area contributed by atoms with Gasteiger partial charge in [-0.15, -0.1) is 0 Å². The highest BCUT2D eigenvalue weighted by Gasteiger charge is 2.18. The fraction of sp³-hybridized carbons (Fsp3) is 0.136. The number of sulfonamides is 1. The molecule has 164 valence electrons. The van der Waals surface area contributed by atoms with E-state index in [0.717, 1.165) is 28.0 Å². The van der Waals surface area contributed by atoms with Crippen molar-refractivity contribution in [2.24, 2.45) is 5.14 Å². The van der Waals surface area contributed by atoms with Crippen molar-refractivity contribution in [1.29, 1.82) is 0 Å². The molecule has 2 aromatic carbocycles. The van der Waals surface area contributed by atoms with Crippen LogP contribution in [0.25, 0.3) is 16.8 Å². The van der Waals surface area contributed by atoms with Crippen LogP contribution in [0.15, 0.2) is 70.7 Å². The van der Waals surface area contributed by atoms with Gasteiger partial charge in [0, 0.05) is 11.3 Å². The van der Waals surface area contributed by atoms with E-state index in [4.69, 9.17) is 10.1 Å². The molecule has 0 bridgehead atoms. The number of carbonyl (C=O) groups is 1. The normalized spacial score (nSPS) is 11.6. The Bertz CT molecular complexity index is 1420. The lowest BCUT2D eigenvalue weighted by Gasteiger charge is -2.07. The minimum atomic E-state index is -3.85. The summed E-state index contributed by atoms with van der Waals surface area (Å²) in [5.74, 6) is -0.231. The van der Waals surface area contributed by atoms with Gasteiger partial charge in [0.1, 0.15) is 0 Å². The van der Waals surface area contributed by atoms with E-state index in [2.05, 4.69) is 10.4 Å². The van der Waals surface area contributed by atoms with E-state index in [1.807, 2.05) is 50.2 Å². The molecule has 0 atom stereocenters. The highest BCUT2D eigenvalue weighted by Crippen LogP contribution is 2.30. The van der Waals surface area contributed by atoms with Crippen LogP contribution in [0.5, 0.6) is 0 Å². The molecule has 10 heteroatoms. The lowest BCUT2D eigenvalue weighted by Crippen LogP contribution is -2.16. The summed E-state index contributed by atoms with van der Waals surface area (Å²) < 4.78 is 24.8. The van der Waals surface area contributed by atoms with E-state index >= 15 is 0 Å². The van der Waals surface area contributed by atoms with Crippen LogP contribution >= 0.6 is 11.8 Å². The molecule has 32 heavy (non-hydrogen) atoms. The van der Waals surface area contributed by atoms with Crippen molar-refractivity contribution in [3.63, 3.8) is 0 Å². The number of thioether (sulfide) groups is 1. The maximum Gasteiger partial charge on any atom is 0.238 e. The van der Waals surface area contributed by atoms with E-state index in [0.29, 0.717) is 10.8 Å². The summed E-state index contributed by atoms with van der Waals surface area (Å²) >= 11 is 1.25. The van der Waals surface area contributed by atoms with Crippen LogP contribution in [0.1, 0.15) is 11.3 Å². The summed E-state index contributed by atoms with van der Waals surface area (Å²) in [6.07, 6.45) is 0. The van der Waals surface area contributed by atoms with E-state index in [1.54, 1.807) is 10.6 Å². The molecule has 0 radical (unpaired) electrons. The Labute approximate surface area is 189 Å². The topological polar surface area (TPSA) is 119 Å². The maximum atomic E-state index is 12.5. The molecule has 3 N–H and O–H groups in total. The molecule has 1 amide bonds. The smallest absolute Gasteiger partial charge is 0.238 e. The number of carbonyl (C=O) groups excluding carboxylic acids is 1. The molecule has 0 saturated carbocycles. The zero-order valence-corrected chi connectivity index (χ0v) is 19.1. The van der Waals surface area contributed by atoms with Crippen LogP contribution in [0.3, 0.4) is 0 Å². The Hall–Kier alpha value is -3.21. The number of benzene rings is 2. The van der Waals surface area contributed by atoms with Crippen LogP contribution in [-0.2, 0) is 14.8 Å². The Morgan fingerprint density at radius 3 is 2.56 bits per heavy atom. The monoisotopic (exact) mass is 467 g/mol. The third-order valence-electron chi connectivity index (χ3n) is 4.71. The molecule has 2 aromatic heterocycles. The molecule has 0 fully saturated rings. The standard InChI is InChI=1S/C22H21N5O3S2/c1-14-11-15(2)26-27-21(14)20(16-7-4-3-5-8-16)25-22(27)31-13-19(28)24-17-9-6-10-18(12-17)32(23,29)30/h3-12H,13H2,1-2H3,(H,24,28)(H2,23,29,30). The molecule has 2 heterocycles. The van der Waals surface area contributed by atoms with Crippen molar-refractivity contribution in [3.05, 3.63) is 71.9 Å². The van der Waals surface area contributed by atoms with E-state index in [9.17, 15) is 13.2 Å². The van der Waals surface area contributed by atoms with Gasteiger partial charge in [-0.2, -0.15) is 5.10 Å². The average Bonchev–Trinajstić information content (AvgIpc) is 3.11. The molecule has 0 saturated heterocycles. The number of anilines is 1. The summed E-state index contributed by atoms with van der Waals surface area (Å²) in [4.78, 5) is 17.2. The van der Waals surface area contributed by atoms with Gasteiger partial charge in [0.15, 0.2) is 5.16 Å². The Morgan fingerprint density at radius 2 is 1.84 bits per heavy atom. The van der Waals surface area contributed by atoms with Crippen LogP contribution in [0.2, 0.25) is 0 Å². The average molecular weight is 468 g/mol. The number of nitrogens with one attached hydrogen (secondary N) is 1. The van der Waals surface area contributed by atoms with Gasteiger partial charge in [-0.05, 0) is 43.7 Å². The number of hydrogen-bond donors (Lipinski definition) is 2. The summed E-state index contributed by atoms with van der Waals surface area (Å²) in [6, 6.07) is 17.6. The number of amides is 1. The molecule has 0 aliphatic carbocycles. The quantitative estimate of drug-likeness (QED) is 0.420. The second kappa shape index (κ2) is 8.73. The third-order valence-corrected chi connectivity index (χ3v) is 6.55. The zero-order chi connectivity index (χ0) is 22.9. The number of primary sulfonamides is 1. The molecule has 4 rings (SSSR count). The first-order valence-electron chi connectivity index (χ1n) is 9.70. The van der Waals surface area contributed by atoms with Crippen LogP contribution in [0.4, 0.5) is 5.69 Å². The largest absolute Gasteiger partial charge is 0.325 e. The lowest BCUT2D eigenvalue weighted by molar-refractivity contribution is -0.113. The van der Waals surface area contributed by atoms with Gasteiger partial charge in [-0.1, -0.05) is 48.2 Å². The minimum absolute atomic E-state index is 0.0649. The second-order valence-electron chi connectivity index (χ2n) is 7.25. The number of aryl methyl sites for hydroxylation is 2. The first kappa shape index (κ1) is 22.0. The molecule has 0 aliphatic rings. The fourth-order valence-electron chi connectivity index (χ4n) is 3.38. The maximum absolute atomic E-state index is 12.5. The van der Waals surface area contributed by atoms with Crippen molar-refractivity contribution in [2.45, 2.75) is 23.9 Å². The minimum Gasteiger partial charge on any atom is -0.325 e. The van der Waals surface area contributed by atoms with Gasteiger partial charge in [0.2, 0.25) is 15.9 Å². The zero-order valence-electron chi connectivity index (χ0n) is 17.4. The highest BCUT2D eigenvalue weighted by atomic mass is 32.2. The predicted molar refractivity (Wildman–Crippen MR) is 125 cm³/mol. The second-order valence-corrected chi connectivity index (χ2v) is 9.75. The first-order chi connectivity index (χ1) is 15.2.